The molecule has 3 aromatic rings. The number of aliphatic hydroxyl groups excluding tert-OH is 1. The summed E-state index contributed by atoms with van der Waals surface area (Å²) in [5, 5.41) is 19.5. The van der Waals surface area contributed by atoms with Crippen molar-refractivity contribution in [1.29, 1.82) is 5.26 Å². The Morgan fingerprint density at radius 3 is 3.08 bits per heavy atom. The molecular weight excluding hydrogens is 333 g/mol. The third-order valence-corrected chi connectivity index (χ3v) is 4.88. The van der Waals surface area contributed by atoms with Crippen molar-refractivity contribution < 1.29 is 14.2 Å². The second-order valence-electron chi connectivity index (χ2n) is 6.53. The number of hydrogen-bond acceptors (Lipinski definition) is 4. The van der Waals surface area contributed by atoms with Gasteiger partial charge < -0.3 is 9.84 Å². The monoisotopic (exact) mass is 351 g/mol. The third-order valence-electron chi connectivity index (χ3n) is 4.88. The minimum Gasteiger partial charge on any atom is -0.479 e. The lowest BCUT2D eigenvalue weighted by atomic mass is 9.87. The summed E-state index contributed by atoms with van der Waals surface area (Å²) in [5.41, 5.74) is 3.86. The van der Waals surface area contributed by atoms with Gasteiger partial charge in [-0.2, -0.15) is 5.26 Å². The fourth-order valence-corrected chi connectivity index (χ4v) is 3.59. The van der Waals surface area contributed by atoms with E-state index in [9.17, 15) is 9.50 Å². The Bertz CT molecular complexity index is 1020. The van der Waals surface area contributed by atoms with E-state index in [0.29, 0.717) is 24.2 Å². The zero-order valence-corrected chi connectivity index (χ0v) is 14.3. The maximum atomic E-state index is 13.5. The molecule has 26 heavy (non-hydrogen) atoms. The predicted molar refractivity (Wildman–Crippen MR) is 93.3 cm³/mol. The molecule has 0 aliphatic heterocycles. The molecule has 0 saturated heterocycles. The Morgan fingerprint density at radius 1 is 1.42 bits per heavy atom. The lowest BCUT2D eigenvalue weighted by Gasteiger charge is -2.30. The molecule has 1 aliphatic rings. The van der Waals surface area contributed by atoms with E-state index in [1.807, 2.05) is 23.6 Å². The molecule has 5 nitrogen and oxygen atoms in total. The summed E-state index contributed by atoms with van der Waals surface area (Å²) in [6, 6.07) is 10.3. The largest absolute Gasteiger partial charge is 0.479 e. The van der Waals surface area contributed by atoms with Crippen LogP contribution in [0.2, 0.25) is 0 Å². The van der Waals surface area contributed by atoms with E-state index < -0.39 is 12.2 Å². The average molecular weight is 351 g/mol. The van der Waals surface area contributed by atoms with Gasteiger partial charge in [0, 0.05) is 6.20 Å². The summed E-state index contributed by atoms with van der Waals surface area (Å²) in [6.07, 6.45) is 1.97. The molecule has 0 amide bonds. The number of hydrogen-bond donors (Lipinski definition) is 1. The number of aromatic nitrogens is 2. The first-order chi connectivity index (χ1) is 12.6. The number of aliphatic hydroxyl groups is 1. The molecule has 2 unspecified atom stereocenters. The molecule has 0 spiro atoms. The summed E-state index contributed by atoms with van der Waals surface area (Å²) in [5.74, 6) is 0.243. The van der Waals surface area contributed by atoms with Crippen molar-refractivity contribution in [3.8, 4) is 11.8 Å². The second-order valence-corrected chi connectivity index (χ2v) is 6.53. The second kappa shape index (κ2) is 6.43. The number of rotatable bonds is 3. The topological polar surface area (TPSA) is 70.6 Å². The summed E-state index contributed by atoms with van der Waals surface area (Å²) in [4.78, 5) is 4.54. The van der Waals surface area contributed by atoms with E-state index >= 15 is 0 Å². The Morgan fingerprint density at radius 2 is 2.27 bits per heavy atom. The molecule has 0 radical (unpaired) electrons. The number of halogens is 1. The summed E-state index contributed by atoms with van der Waals surface area (Å²) < 4.78 is 21.5. The zero-order valence-electron chi connectivity index (χ0n) is 14.3. The molecule has 0 bridgehead atoms. The van der Waals surface area contributed by atoms with E-state index in [0.717, 1.165) is 22.5 Å². The molecule has 2 atom stereocenters. The van der Waals surface area contributed by atoms with Gasteiger partial charge >= 0.3 is 0 Å². The lowest BCUT2D eigenvalue weighted by Crippen LogP contribution is -2.29. The number of nitriles is 1. The first kappa shape index (κ1) is 16.6. The van der Waals surface area contributed by atoms with E-state index in [-0.39, 0.29) is 12.2 Å². The van der Waals surface area contributed by atoms with Crippen molar-refractivity contribution in [2.45, 2.75) is 38.4 Å². The van der Waals surface area contributed by atoms with Gasteiger partial charge in [-0.25, -0.2) is 9.37 Å². The summed E-state index contributed by atoms with van der Waals surface area (Å²) in [7, 11) is 0. The van der Waals surface area contributed by atoms with Crippen LogP contribution in [0.1, 0.15) is 35.0 Å². The van der Waals surface area contributed by atoms with Crippen molar-refractivity contribution >= 4 is 5.65 Å². The Labute approximate surface area is 150 Å². The van der Waals surface area contributed by atoms with Crippen LogP contribution in [0.25, 0.3) is 5.65 Å². The predicted octanol–water partition coefficient (Wildman–Crippen LogP) is 3.28. The fourth-order valence-electron chi connectivity index (χ4n) is 3.59. The number of pyridine rings is 1. The van der Waals surface area contributed by atoms with Gasteiger partial charge in [-0.3, -0.25) is 4.40 Å². The molecule has 1 aromatic carbocycles. The number of benzene rings is 1. The summed E-state index contributed by atoms with van der Waals surface area (Å²) in [6.45, 7) is 1.86. The number of aryl methyl sites for hydroxylation is 2. The van der Waals surface area contributed by atoms with E-state index in [1.165, 1.54) is 12.1 Å². The van der Waals surface area contributed by atoms with Crippen molar-refractivity contribution in [3.63, 3.8) is 0 Å². The van der Waals surface area contributed by atoms with Crippen molar-refractivity contribution in [2.75, 3.05) is 0 Å². The molecule has 1 N–H and O–H groups in total. The highest BCUT2D eigenvalue weighted by Crippen LogP contribution is 2.35. The van der Waals surface area contributed by atoms with Crippen LogP contribution < -0.4 is 4.74 Å². The molecule has 0 saturated carbocycles. The summed E-state index contributed by atoms with van der Waals surface area (Å²) >= 11 is 0. The molecule has 2 heterocycles. The number of imidazole rings is 1. The van der Waals surface area contributed by atoms with Crippen LogP contribution >= 0.6 is 0 Å². The molecule has 0 fully saturated rings. The van der Waals surface area contributed by atoms with Crippen LogP contribution in [0.4, 0.5) is 4.39 Å². The molecule has 4 rings (SSSR count). The Balaban J connectivity index is 1.76. The Hall–Kier alpha value is -2.91. The number of fused-ring (bicyclic) bond motifs is 2. The van der Waals surface area contributed by atoms with Crippen molar-refractivity contribution in [2.24, 2.45) is 0 Å². The molecule has 2 aromatic heterocycles. The van der Waals surface area contributed by atoms with Gasteiger partial charge in [0.15, 0.2) is 11.4 Å². The first-order valence-corrected chi connectivity index (χ1v) is 8.55. The van der Waals surface area contributed by atoms with Crippen LogP contribution in [0.5, 0.6) is 5.75 Å². The molecule has 6 heteroatoms. The SMILES string of the molecule is Cc1nc2c(OC3c4ccc(F)cc4CCC3O)cccn2c1CC#N. The van der Waals surface area contributed by atoms with Crippen LogP contribution in [0.3, 0.4) is 0 Å². The quantitative estimate of drug-likeness (QED) is 0.786. The van der Waals surface area contributed by atoms with Gasteiger partial charge in [-0.05, 0) is 55.2 Å². The molecule has 1 aliphatic carbocycles. The lowest BCUT2D eigenvalue weighted by molar-refractivity contribution is 0.0233. The van der Waals surface area contributed by atoms with Gasteiger partial charge in [0.05, 0.1) is 30.0 Å². The van der Waals surface area contributed by atoms with Crippen LogP contribution in [-0.4, -0.2) is 20.6 Å². The van der Waals surface area contributed by atoms with Gasteiger partial charge in [0.2, 0.25) is 0 Å². The van der Waals surface area contributed by atoms with Gasteiger partial charge in [-0.15, -0.1) is 0 Å². The minimum atomic E-state index is -0.678. The van der Waals surface area contributed by atoms with Crippen LogP contribution in [0, 0.1) is 24.1 Å². The highest BCUT2D eigenvalue weighted by molar-refractivity contribution is 5.56. The first-order valence-electron chi connectivity index (χ1n) is 8.55. The van der Waals surface area contributed by atoms with Crippen LogP contribution in [-0.2, 0) is 12.8 Å². The minimum absolute atomic E-state index is 0.255. The van der Waals surface area contributed by atoms with Crippen LogP contribution in [0.15, 0.2) is 36.5 Å². The maximum Gasteiger partial charge on any atom is 0.180 e. The average Bonchev–Trinajstić information content (AvgIpc) is 2.94. The van der Waals surface area contributed by atoms with Gasteiger partial charge in [0.25, 0.3) is 0 Å². The van der Waals surface area contributed by atoms with E-state index in [4.69, 9.17) is 10.00 Å². The smallest absolute Gasteiger partial charge is 0.180 e. The van der Waals surface area contributed by atoms with Gasteiger partial charge in [-0.1, -0.05) is 6.07 Å². The van der Waals surface area contributed by atoms with E-state index in [2.05, 4.69) is 11.1 Å². The number of ether oxygens (including phenoxy) is 1. The fraction of sp³-hybridized carbons (Fsp3) is 0.300. The highest BCUT2D eigenvalue weighted by atomic mass is 19.1. The maximum absolute atomic E-state index is 13.5. The van der Waals surface area contributed by atoms with Gasteiger partial charge in [0.1, 0.15) is 11.9 Å². The third kappa shape index (κ3) is 2.71. The standard InChI is InChI=1S/C20H18FN3O2/c1-12-16(8-9-22)24-10-2-3-18(20(24)23-12)26-19-15-6-5-14(21)11-13(15)4-7-17(19)25/h2-3,5-6,10-11,17,19,25H,4,7-8H2,1H3. The Kier molecular flexibility index (Phi) is 4.09. The molecular formula is C20H18FN3O2. The van der Waals surface area contributed by atoms with Crippen molar-refractivity contribution in [1.82, 2.24) is 9.38 Å². The normalized spacial score (nSPS) is 19.2. The molecule has 132 valence electrons. The number of nitrogens with zero attached hydrogens (tertiary/aromatic N) is 3. The van der Waals surface area contributed by atoms with E-state index in [1.54, 1.807) is 12.1 Å². The highest BCUT2D eigenvalue weighted by Gasteiger charge is 2.31. The zero-order chi connectivity index (χ0) is 18.3. The van der Waals surface area contributed by atoms with Crippen molar-refractivity contribution in [3.05, 3.63) is 64.9 Å².